The first-order valence-corrected chi connectivity index (χ1v) is 3.61. The number of nitriles is 1. The summed E-state index contributed by atoms with van der Waals surface area (Å²) in [6, 6.07) is 7.28. The zero-order valence-corrected chi connectivity index (χ0v) is 6.87. The molecule has 0 aliphatic carbocycles. The lowest BCUT2D eigenvalue weighted by Gasteiger charge is -2.05. The lowest BCUT2D eigenvalue weighted by atomic mass is 10.1. The molecule has 1 aromatic rings. The fourth-order valence-electron chi connectivity index (χ4n) is 0.971. The van der Waals surface area contributed by atoms with Crippen LogP contribution in [0.2, 0.25) is 0 Å². The zero-order valence-electron chi connectivity index (χ0n) is 6.87. The third-order valence-electron chi connectivity index (χ3n) is 1.54. The van der Waals surface area contributed by atoms with Gasteiger partial charge < -0.3 is 4.74 Å². The van der Waals surface area contributed by atoms with Gasteiger partial charge in [-0.25, -0.2) is 0 Å². The highest BCUT2D eigenvalue weighted by Gasteiger charge is 1.98. The van der Waals surface area contributed by atoms with E-state index in [1.54, 1.807) is 18.2 Å². The van der Waals surface area contributed by atoms with Crippen molar-refractivity contribution < 1.29 is 4.74 Å². The Morgan fingerprint density at radius 2 is 2.33 bits per heavy atom. The molecule has 0 fully saturated rings. The Balaban J connectivity index is 2.97. The van der Waals surface area contributed by atoms with Crippen molar-refractivity contribution in [1.29, 1.82) is 5.26 Å². The normalized spacial score (nSPS) is 9.08. The van der Waals surface area contributed by atoms with Crippen LogP contribution in [0.3, 0.4) is 0 Å². The smallest absolute Gasteiger partial charge is 0.137 e. The molecular formula is C9H10N2O. The molecule has 0 aliphatic heterocycles. The van der Waals surface area contributed by atoms with E-state index in [9.17, 15) is 0 Å². The number of aryl methyl sites for hydroxylation is 1. The van der Waals surface area contributed by atoms with Gasteiger partial charge in [0.2, 0.25) is 0 Å². The highest BCUT2D eigenvalue weighted by Crippen LogP contribution is 2.17. The molecule has 0 unspecified atom stereocenters. The monoisotopic (exact) mass is 162 g/mol. The molecule has 3 heteroatoms. The predicted octanol–water partition coefficient (Wildman–Crippen LogP) is 1.16. The standard InChI is InChI=1S/C9H10N2O/c1-7-4-8(5-10)2-3-9(7)12-6-11/h2-4H,6,11H2,1H3. The molecule has 0 heterocycles. The highest BCUT2D eigenvalue weighted by atomic mass is 16.5. The molecule has 0 bridgehead atoms. The molecule has 0 atom stereocenters. The van der Waals surface area contributed by atoms with Gasteiger partial charge in [-0.3, -0.25) is 5.73 Å². The summed E-state index contributed by atoms with van der Waals surface area (Å²) in [5, 5.41) is 8.57. The van der Waals surface area contributed by atoms with Gasteiger partial charge in [-0.05, 0) is 30.7 Å². The van der Waals surface area contributed by atoms with Crippen molar-refractivity contribution in [1.82, 2.24) is 0 Å². The molecule has 3 nitrogen and oxygen atoms in total. The fourth-order valence-corrected chi connectivity index (χ4v) is 0.971. The molecule has 2 N–H and O–H groups in total. The topological polar surface area (TPSA) is 59.0 Å². The van der Waals surface area contributed by atoms with Gasteiger partial charge in [-0.1, -0.05) is 0 Å². The van der Waals surface area contributed by atoms with Gasteiger partial charge in [0, 0.05) is 0 Å². The van der Waals surface area contributed by atoms with Crippen molar-refractivity contribution >= 4 is 0 Å². The van der Waals surface area contributed by atoms with Crippen LogP contribution >= 0.6 is 0 Å². The molecule has 62 valence electrons. The Kier molecular flexibility index (Phi) is 2.67. The Morgan fingerprint density at radius 3 is 2.83 bits per heavy atom. The Bertz CT molecular complexity index is 315. The van der Waals surface area contributed by atoms with E-state index in [-0.39, 0.29) is 6.73 Å². The maximum Gasteiger partial charge on any atom is 0.137 e. The number of benzene rings is 1. The summed E-state index contributed by atoms with van der Waals surface area (Å²) in [5.74, 6) is 0.733. The molecule has 1 aromatic carbocycles. The van der Waals surface area contributed by atoms with Crippen LogP contribution in [0.25, 0.3) is 0 Å². The average Bonchev–Trinajstić information content (AvgIpc) is 2.09. The largest absolute Gasteiger partial charge is 0.478 e. The number of rotatable bonds is 2. The van der Waals surface area contributed by atoms with Crippen molar-refractivity contribution in [2.45, 2.75) is 6.92 Å². The van der Waals surface area contributed by atoms with E-state index in [1.165, 1.54) is 0 Å². The van der Waals surface area contributed by atoms with Gasteiger partial charge >= 0.3 is 0 Å². The van der Waals surface area contributed by atoms with Crippen LogP contribution in [-0.4, -0.2) is 6.73 Å². The molecule has 12 heavy (non-hydrogen) atoms. The second-order valence-corrected chi connectivity index (χ2v) is 2.40. The summed E-state index contributed by atoms with van der Waals surface area (Å²) in [4.78, 5) is 0. The van der Waals surface area contributed by atoms with Gasteiger partial charge in [0.25, 0.3) is 0 Å². The molecule has 0 radical (unpaired) electrons. The van der Waals surface area contributed by atoms with Crippen LogP contribution < -0.4 is 10.5 Å². The second kappa shape index (κ2) is 3.74. The summed E-state index contributed by atoms with van der Waals surface area (Å²) in [5.41, 5.74) is 6.78. The van der Waals surface area contributed by atoms with Crippen molar-refractivity contribution in [2.24, 2.45) is 5.73 Å². The zero-order chi connectivity index (χ0) is 8.97. The molecule has 0 saturated carbocycles. The average molecular weight is 162 g/mol. The quantitative estimate of drug-likeness (QED) is 0.664. The summed E-state index contributed by atoms with van der Waals surface area (Å²) >= 11 is 0. The number of ether oxygens (including phenoxy) is 1. The summed E-state index contributed by atoms with van der Waals surface area (Å²) in [7, 11) is 0. The van der Waals surface area contributed by atoms with Crippen molar-refractivity contribution in [3.8, 4) is 11.8 Å². The molecule has 0 amide bonds. The van der Waals surface area contributed by atoms with E-state index in [0.717, 1.165) is 11.3 Å². The van der Waals surface area contributed by atoms with Crippen LogP contribution in [0, 0.1) is 18.3 Å². The molecule has 0 aliphatic rings. The van der Waals surface area contributed by atoms with E-state index in [0.29, 0.717) is 5.56 Å². The van der Waals surface area contributed by atoms with Gasteiger partial charge in [-0.2, -0.15) is 5.26 Å². The summed E-state index contributed by atoms with van der Waals surface area (Å²) in [6.45, 7) is 2.04. The van der Waals surface area contributed by atoms with Gasteiger partial charge in [0.1, 0.15) is 12.5 Å². The number of hydrogen-bond donors (Lipinski definition) is 1. The molecule has 0 aromatic heterocycles. The molecule has 1 rings (SSSR count). The van der Waals surface area contributed by atoms with Crippen molar-refractivity contribution in [3.63, 3.8) is 0 Å². The van der Waals surface area contributed by atoms with E-state index >= 15 is 0 Å². The van der Waals surface area contributed by atoms with Gasteiger partial charge in [0.15, 0.2) is 0 Å². The minimum Gasteiger partial charge on any atom is -0.478 e. The third-order valence-corrected chi connectivity index (χ3v) is 1.54. The lowest BCUT2D eigenvalue weighted by molar-refractivity contribution is 0.327. The van der Waals surface area contributed by atoms with Crippen LogP contribution in [0.1, 0.15) is 11.1 Å². The van der Waals surface area contributed by atoms with E-state index < -0.39 is 0 Å². The first-order chi connectivity index (χ1) is 5.77. The van der Waals surface area contributed by atoms with E-state index in [1.807, 2.05) is 6.92 Å². The van der Waals surface area contributed by atoms with E-state index in [4.69, 9.17) is 15.7 Å². The van der Waals surface area contributed by atoms with Crippen molar-refractivity contribution in [3.05, 3.63) is 29.3 Å². The van der Waals surface area contributed by atoms with Crippen LogP contribution in [0.4, 0.5) is 0 Å². The first kappa shape index (κ1) is 8.57. The van der Waals surface area contributed by atoms with Crippen molar-refractivity contribution in [2.75, 3.05) is 6.73 Å². The number of hydrogen-bond acceptors (Lipinski definition) is 3. The van der Waals surface area contributed by atoms with Crippen LogP contribution in [0.5, 0.6) is 5.75 Å². The Morgan fingerprint density at radius 1 is 1.58 bits per heavy atom. The van der Waals surface area contributed by atoms with Gasteiger partial charge in [0.05, 0.1) is 11.6 Å². The highest BCUT2D eigenvalue weighted by molar-refractivity contribution is 5.41. The third kappa shape index (κ3) is 1.74. The maximum atomic E-state index is 8.57. The minimum absolute atomic E-state index is 0.159. The van der Waals surface area contributed by atoms with Crippen LogP contribution in [-0.2, 0) is 0 Å². The Hall–Kier alpha value is -1.53. The van der Waals surface area contributed by atoms with E-state index in [2.05, 4.69) is 6.07 Å². The second-order valence-electron chi connectivity index (χ2n) is 2.40. The fraction of sp³-hybridized carbons (Fsp3) is 0.222. The predicted molar refractivity (Wildman–Crippen MR) is 45.6 cm³/mol. The minimum atomic E-state index is 0.159. The lowest BCUT2D eigenvalue weighted by Crippen LogP contribution is -2.08. The molecular weight excluding hydrogens is 152 g/mol. The Labute approximate surface area is 71.4 Å². The molecule has 0 spiro atoms. The summed E-state index contributed by atoms with van der Waals surface area (Å²) < 4.78 is 5.10. The SMILES string of the molecule is Cc1cc(C#N)ccc1OCN. The number of nitrogens with two attached hydrogens (primary N) is 1. The molecule has 0 saturated heterocycles. The first-order valence-electron chi connectivity index (χ1n) is 3.61. The van der Waals surface area contributed by atoms with Gasteiger partial charge in [-0.15, -0.1) is 0 Å². The maximum absolute atomic E-state index is 8.57. The number of nitrogens with zero attached hydrogens (tertiary/aromatic N) is 1. The summed E-state index contributed by atoms with van der Waals surface area (Å²) in [6.07, 6.45) is 0. The van der Waals surface area contributed by atoms with Crippen LogP contribution in [0.15, 0.2) is 18.2 Å².